The van der Waals surface area contributed by atoms with E-state index in [0.717, 1.165) is 28.7 Å². The second-order valence-electron chi connectivity index (χ2n) is 4.33. The number of anilines is 3. The van der Waals surface area contributed by atoms with Crippen LogP contribution in [0.2, 0.25) is 0 Å². The molecule has 18 heavy (non-hydrogen) atoms. The van der Waals surface area contributed by atoms with Crippen LogP contribution >= 0.6 is 0 Å². The maximum absolute atomic E-state index is 4.44. The molecule has 0 saturated heterocycles. The van der Waals surface area contributed by atoms with Crippen molar-refractivity contribution in [2.45, 2.75) is 20.8 Å². The molecule has 94 valence electrons. The Balaban J connectivity index is 2.34. The second kappa shape index (κ2) is 5.04. The van der Waals surface area contributed by atoms with Gasteiger partial charge in [0.05, 0.1) is 0 Å². The van der Waals surface area contributed by atoms with E-state index in [1.54, 1.807) is 0 Å². The minimum absolute atomic E-state index is 0.750. The standard InChI is InChI=1S/C14H18N4/c1-9-5-7-12(8-6-9)18-14-10(2)13(15-4)16-11(3)17-14/h5-8H,1-4H3,(H2,15,16,17,18). The van der Waals surface area contributed by atoms with Gasteiger partial charge in [0.2, 0.25) is 0 Å². The summed E-state index contributed by atoms with van der Waals surface area (Å²) in [5.41, 5.74) is 3.29. The summed E-state index contributed by atoms with van der Waals surface area (Å²) in [5, 5.41) is 6.40. The van der Waals surface area contributed by atoms with Crippen LogP contribution < -0.4 is 10.6 Å². The molecule has 0 amide bonds. The highest BCUT2D eigenvalue weighted by Gasteiger charge is 2.07. The van der Waals surface area contributed by atoms with Crippen molar-refractivity contribution in [3.05, 3.63) is 41.2 Å². The van der Waals surface area contributed by atoms with Crippen molar-refractivity contribution >= 4 is 17.3 Å². The third-order valence-corrected chi connectivity index (χ3v) is 2.81. The molecule has 4 nitrogen and oxygen atoms in total. The Labute approximate surface area is 107 Å². The fourth-order valence-corrected chi connectivity index (χ4v) is 1.77. The van der Waals surface area contributed by atoms with Crippen LogP contribution in [0, 0.1) is 20.8 Å². The van der Waals surface area contributed by atoms with E-state index < -0.39 is 0 Å². The number of nitrogens with one attached hydrogen (secondary N) is 2. The predicted octanol–water partition coefficient (Wildman–Crippen LogP) is 3.19. The molecule has 0 aliphatic rings. The van der Waals surface area contributed by atoms with Gasteiger partial charge in [-0.3, -0.25) is 0 Å². The first-order chi connectivity index (χ1) is 8.60. The van der Waals surface area contributed by atoms with Gasteiger partial charge in [-0.25, -0.2) is 9.97 Å². The van der Waals surface area contributed by atoms with Gasteiger partial charge < -0.3 is 10.6 Å². The first kappa shape index (κ1) is 12.4. The fraction of sp³-hybridized carbons (Fsp3) is 0.286. The Morgan fingerprint density at radius 1 is 0.889 bits per heavy atom. The average Bonchev–Trinajstić information content (AvgIpc) is 2.36. The molecular weight excluding hydrogens is 224 g/mol. The van der Waals surface area contributed by atoms with Crippen molar-refractivity contribution < 1.29 is 0 Å². The van der Waals surface area contributed by atoms with Gasteiger partial charge in [-0.1, -0.05) is 17.7 Å². The molecule has 0 aliphatic carbocycles. The summed E-state index contributed by atoms with van der Waals surface area (Å²) >= 11 is 0. The van der Waals surface area contributed by atoms with Gasteiger partial charge in [0, 0.05) is 18.3 Å². The van der Waals surface area contributed by atoms with Gasteiger partial charge in [-0.2, -0.15) is 0 Å². The van der Waals surface area contributed by atoms with E-state index in [4.69, 9.17) is 0 Å². The zero-order valence-corrected chi connectivity index (χ0v) is 11.2. The first-order valence-electron chi connectivity index (χ1n) is 5.97. The van der Waals surface area contributed by atoms with Crippen molar-refractivity contribution in [3.63, 3.8) is 0 Å². The van der Waals surface area contributed by atoms with E-state index >= 15 is 0 Å². The zero-order chi connectivity index (χ0) is 13.1. The van der Waals surface area contributed by atoms with Crippen LogP contribution in [0.1, 0.15) is 17.0 Å². The number of benzene rings is 1. The Morgan fingerprint density at radius 2 is 1.50 bits per heavy atom. The van der Waals surface area contributed by atoms with Crippen LogP contribution in [0.3, 0.4) is 0 Å². The SMILES string of the molecule is CNc1nc(C)nc(Nc2ccc(C)cc2)c1C. The van der Waals surface area contributed by atoms with E-state index in [1.807, 2.05) is 33.0 Å². The highest BCUT2D eigenvalue weighted by molar-refractivity contribution is 5.64. The summed E-state index contributed by atoms with van der Waals surface area (Å²) in [4.78, 5) is 8.78. The molecule has 1 aromatic carbocycles. The molecule has 2 N–H and O–H groups in total. The molecule has 0 aliphatic heterocycles. The molecule has 1 aromatic heterocycles. The summed E-state index contributed by atoms with van der Waals surface area (Å²) in [6.45, 7) is 5.96. The van der Waals surface area contributed by atoms with Crippen LogP contribution in [-0.2, 0) is 0 Å². The lowest BCUT2D eigenvalue weighted by molar-refractivity contribution is 1.04. The quantitative estimate of drug-likeness (QED) is 0.868. The van der Waals surface area contributed by atoms with E-state index in [-0.39, 0.29) is 0 Å². The number of nitrogens with zero attached hydrogens (tertiary/aromatic N) is 2. The zero-order valence-electron chi connectivity index (χ0n) is 11.2. The molecule has 1 heterocycles. The largest absolute Gasteiger partial charge is 0.373 e. The van der Waals surface area contributed by atoms with Gasteiger partial charge in [0.1, 0.15) is 17.5 Å². The number of aryl methyl sites for hydroxylation is 2. The number of hydrogen-bond acceptors (Lipinski definition) is 4. The molecule has 0 atom stereocenters. The van der Waals surface area contributed by atoms with Crippen molar-refractivity contribution in [1.82, 2.24) is 9.97 Å². The summed E-state index contributed by atoms with van der Waals surface area (Å²) < 4.78 is 0. The minimum atomic E-state index is 0.750. The number of rotatable bonds is 3. The predicted molar refractivity (Wildman–Crippen MR) is 75.5 cm³/mol. The Morgan fingerprint density at radius 3 is 2.11 bits per heavy atom. The van der Waals surface area contributed by atoms with Crippen LogP contribution in [0.5, 0.6) is 0 Å². The topological polar surface area (TPSA) is 49.8 Å². The molecule has 0 radical (unpaired) electrons. The van der Waals surface area contributed by atoms with Crippen molar-refractivity contribution in [2.75, 3.05) is 17.7 Å². The molecule has 4 heteroatoms. The van der Waals surface area contributed by atoms with Gasteiger partial charge >= 0.3 is 0 Å². The number of aromatic nitrogens is 2. The highest BCUT2D eigenvalue weighted by atomic mass is 15.1. The first-order valence-corrected chi connectivity index (χ1v) is 5.97. The monoisotopic (exact) mass is 242 g/mol. The van der Waals surface area contributed by atoms with Crippen molar-refractivity contribution in [2.24, 2.45) is 0 Å². The van der Waals surface area contributed by atoms with Crippen LogP contribution in [0.25, 0.3) is 0 Å². The Bertz CT molecular complexity index is 546. The summed E-state index contributed by atoms with van der Waals surface area (Å²) in [7, 11) is 1.87. The second-order valence-corrected chi connectivity index (χ2v) is 4.33. The summed E-state index contributed by atoms with van der Waals surface area (Å²) in [6.07, 6.45) is 0. The van der Waals surface area contributed by atoms with Gasteiger partial charge in [-0.05, 0) is 32.9 Å². The van der Waals surface area contributed by atoms with Crippen molar-refractivity contribution in [1.29, 1.82) is 0 Å². The lowest BCUT2D eigenvalue weighted by Crippen LogP contribution is -2.05. The molecule has 0 spiro atoms. The molecule has 2 rings (SSSR count). The van der Waals surface area contributed by atoms with Crippen LogP contribution in [-0.4, -0.2) is 17.0 Å². The van der Waals surface area contributed by atoms with Crippen LogP contribution in [0.15, 0.2) is 24.3 Å². The third kappa shape index (κ3) is 2.59. The smallest absolute Gasteiger partial charge is 0.139 e. The minimum Gasteiger partial charge on any atom is -0.373 e. The van der Waals surface area contributed by atoms with Gasteiger partial charge in [-0.15, -0.1) is 0 Å². The number of hydrogen-bond donors (Lipinski definition) is 2. The summed E-state index contributed by atoms with van der Waals surface area (Å²) in [5.74, 6) is 2.45. The van der Waals surface area contributed by atoms with Crippen LogP contribution in [0.4, 0.5) is 17.3 Å². The van der Waals surface area contributed by atoms with E-state index in [9.17, 15) is 0 Å². The van der Waals surface area contributed by atoms with Crippen molar-refractivity contribution in [3.8, 4) is 0 Å². The molecule has 2 aromatic rings. The van der Waals surface area contributed by atoms with Gasteiger partial charge in [0.15, 0.2) is 0 Å². The maximum Gasteiger partial charge on any atom is 0.139 e. The molecule has 0 unspecified atom stereocenters. The maximum atomic E-state index is 4.44. The Hall–Kier alpha value is -2.10. The van der Waals surface area contributed by atoms with E-state index in [2.05, 4.69) is 39.7 Å². The fourth-order valence-electron chi connectivity index (χ4n) is 1.77. The van der Waals surface area contributed by atoms with E-state index in [0.29, 0.717) is 0 Å². The average molecular weight is 242 g/mol. The van der Waals surface area contributed by atoms with Gasteiger partial charge in [0.25, 0.3) is 0 Å². The van der Waals surface area contributed by atoms with E-state index in [1.165, 1.54) is 5.56 Å². The summed E-state index contributed by atoms with van der Waals surface area (Å²) in [6, 6.07) is 8.24. The molecule has 0 bridgehead atoms. The molecule has 0 fully saturated rings. The normalized spacial score (nSPS) is 10.2. The lowest BCUT2D eigenvalue weighted by atomic mass is 10.2. The Kier molecular flexibility index (Phi) is 3.46. The lowest BCUT2D eigenvalue weighted by Gasteiger charge is -2.12. The molecular formula is C14H18N4. The molecule has 0 saturated carbocycles. The third-order valence-electron chi connectivity index (χ3n) is 2.81. The highest BCUT2D eigenvalue weighted by Crippen LogP contribution is 2.23.